The standard InChI is InChI=1S/C30H28O10/c1-10(31)25-24-22-16-11(9-30(25,2)36)28(39-5)26(34)17-12(32)7-14(37-3)19(21(16)17)20-15(38-4)8-13(33)18(23(20)22)27(35)29(24)40-6/h7-8,11,25,28,34-36H,9H2,1-6H3/t11-,25+,28+,30-/m0/s1. The third-order valence-electron chi connectivity index (χ3n) is 8.62. The number of hydrogen-bond donors (Lipinski definition) is 3. The summed E-state index contributed by atoms with van der Waals surface area (Å²) in [4.78, 5) is 40.4. The van der Waals surface area contributed by atoms with E-state index in [4.69, 9.17) is 18.9 Å². The van der Waals surface area contributed by atoms with Crippen LogP contribution in [0.5, 0.6) is 23.0 Å². The van der Waals surface area contributed by atoms with E-state index in [-0.39, 0.29) is 51.0 Å². The molecule has 0 unspecified atom stereocenters. The van der Waals surface area contributed by atoms with Crippen LogP contribution in [0.2, 0.25) is 0 Å². The lowest BCUT2D eigenvalue weighted by Crippen LogP contribution is -2.43. The van der Waals surface area contributed by atoms with Gasteiger partial charge in [0.05, 0.1) is 43.5 Å². The van der Waals surface area contributed by atoms with E-state index in [1.807, 2.05) is 0 Å². The molecule has 4 aromatic carbocycles. The van der Waals surface area contributed by atoms with E-state index in [0.717, 1.165) is 0 Å². The van der Waals surface area contributed by atoms with Gasteiger partial charge in [-0.05, 0) is 31.2 Å². The van der Waals surface area contributed by atoms with Gasteiger partial charge in [0.15, 0.2) is 22.4 Å². The summed E-state index contributed by atoms with van der Waals surface area (Å²) in [5.74, 6) is -3.01. The summed E-state index contributed by atoms with van der Waals surface area (Å²) in [6.07, 6.45) is -1.13. The van der Waals surface area contributed by atoms with Crippen molar-refractivity contribution >= 4 is 43.9 Å². The van der Waals surface area contributed by atoms with Gasteiger partial charge < -0.3 is 34.3 Å². The highest BCUT2D eigenvalue weighted by atomic mass is 16.5. The second-order valence-corrected chi connectivity index (χ2v) is 10.7. The largest absolute Gasteiger partial charge is 0.509 e. The second kappa shape index (κ2) is 8.42. The predicted octanol–water partition coefficient (Wildman–Crippen LogP) is 2.36. The number of carbonyl (C=O) groups is 1. The molecule has 10 nitrogen and oxygen atoms in total. The topological polar surface area (TPSA) is 149 Å². The zero-order valence-corrected chi connectivity index (χ0v) is 22.8. The fourth-order valence-electron chi connectivity index (χ4n) is 7.33. The van der Waals surface area contributed by atoms with Gasteiger partial charge in [-0.3, -0.25) is 14.4 Å². The van der Waals surface area contributed by atoms with Crippen LogP contribution in [0.15, 0.2) is 21.7 Å². The molecule has 0 aliphatic heterocycles. The predicted molar refractivity (Wildman–Crippen MR) is 147 cm³/mol. The second-order valence-electron chi connectivity index (χ2n) is 10.7. The highest BCUT2D eigenvalue weighted by Gasteiger charge is 2.50. The third kappa shape index (κ3) is 2.97. The molecule has 4 atom stereocenters. The first kappa shape index (κ1) is 26.1. The molecule has 10 heteroatoms. The van der Waals surface area contributed by atoms with Gasteiger partial charge in [0.1, 0.15) is 29.1 Å². The number of ether oxygens (including phenoxy) is 4. The van der Waals surface area contributed by atoms with E-state index in [1.54, 1.807) is 0 Å². The molecule has 0 aromatic heterocycles. The SMILES string of the molecule is COc1c2c3c4c5c(c(=O)cc(OC)c5c5c(OC)cc(=O)c(c1O)c35)=C(O)[C@H](OC)[C@H]4C[C@](C)(O)[C@@H]2C(C)=O. The Morgan fingerprint density at radius 2 is 1.45 bits per heavy atom. The maximum Gasteiger partial charge on any atom is 0.194 e. The summed E-state index contributed by atoms with van der Waals surface area (Å²) >= 11 is 0. The molecule has 0 radical (unpaired) electrons. The van der Waals surface area contributed by atoms with Gasteiger partial charge in [0.25, 0.3) is 0 Å². The van der Waals surface area contributed by atoms with Crippen molar-refractivity contribution in [1.82, 2.24) is 0 Å². The number of aliphatic hydroxyl groups is 2. The minimum absolute atomic E-state index is 0.0140. The van der Waals surface area contributed by atoms with Crippen molar-refractivity contribution in [3.8, 4) is 23.0 Å². The van der Waals surface area contributed by atoms with E-state index in [0.29, 0.717) is 27.1 Å². The molecule has 0 saturated heterocycles. The van der Waals surface area contributed by atoms with Crippen LogP contribution in [0, 0.1) is 0 Å². The molecule has 0 spiro atoms. The average molecular weight is 549 g/mol. The van der Waals surface area contributed by atoms with E-state index >= 15 is 0 Å². The lowest BCUT2D eigenvalue weighted by atomic mass is 9.74. The van der Waals surface area contributed by atoms with E-state index in [9.17, 15) is 29.7 Å². The molecule has 2 aliphatic rings. The van der Waals surface area contributed by atoms with Crippen LogP contribution < -0.4 is 30.3 Å². The first-order valence-electron chi connectivity index (χ1n) is 12.7. The van der Waals surface area contributed by atoms with E-state index < -0.39 is 45.9 Å². The van der Waals surface area contributed by atoms with Crippen molar-refractivity contribution in [3.05, 3.63) is 48.9 Å². The summed E-state index contributed by atoms with van der Waals surface area (Å²) in [5.41, 5.74) is -2.14. The fraction of sp³-hybridized carbons (Fsp3) is 0.367. The van der Waals surface area contributed by atoms with E-state index in [2.05, 4.69) is 0 Å². The zero-order valence-electron chi connectivity index (χ0n) is 22.8. The van der Waals surface area contributed by atoms with Crippen LogP contribution in [-0.2, 0) is 9.53 Å². The Kier molecular flexibility index (Phi) is 5.49. The molecule has 0 saturated carbocycles. The Bertz CT molecular complexity index is 1960. The summed E-state index contributed by atoms with van der Waals surface area (Å²) < 4.78 is 22.7. The molecule has 0 amide bonds. The molecule has 40 heavy (non-hydrogen) atoms. The Morgan fingerprint density at radius 3 is 2.00 bits per heavy atom. The number of aromatic hydroxyl groups is 1. The number of phenolic OH excluding ortho intramolecular Hbond substituents is 1. The number of hydrogen-bond acceptors (Lipinski definition) is 10. The minimum Gasteiger partial charge on any atom is -0.509 e. The molecule has 208 valence electrons. The minimum atomic E-state index is -1.72. The summed E-state index contributed by atoms with van der Waals surface area (Å²) in [5, 5.41) is 36.5. The van der Waals surface area contributed by atoms with Crippen molar-refractivity contribution in [1.29, 1.82) is 0 Å². The number of carbonyl (C=O) groups excluding carboxylic acids is 1. The molecular weight excluding hydrogens is 520 g/mol. The van der Waals surface area contributed by atoms with Gasteiger partial charge in [-0.1, -0.05) is 0 Å². The van der Waals surface area contributed by atoms with Crippen molar-refractivity contribution in [2.45, 2.75) is 43.8 Å². The van der Waals surface area contributed by atoms with Gasteiger partial charge in [-0.25, -0.2) is 0 Å². The Hall–Kier alpha value is -4.15. The molecule has 6 rings (SSSR count). The maximum atomic E-state index is 13.5. The number of rotatable bonds is 5. The smallest absolute Gasteiger partial charge is 0.194 e. The number of Topliss-reactive ketones (excluding diaryl/α,β-unsaturated/α-hetero) is 1. The number of fused-ring (bicyclic) bond motifs is 1. The van der Waals surface area contributed by atoms with Crippen LogP contribution >= 0.6 is 0 Å². The molecule has 0 bridgehead atoms. The lowest BCUT2D eigenvalue weighted by molar-refractivity contribution is -0.124. The van der Waals surface area contributed by atoms with Crippen molar-refractivity contribution in [3.63, 3.8) is 0 Å². The van der Waals surface area contributed by atoms with Crippen LogP contribution in [-0.4, -0.2) is 61.2 Å². The van der Waals surface area contributed by atoms with Gasteiger partial charge in [-0.2, -0.15) is 0 Å². The Balaban J connectivity index is 2.15. The zero-order chi connectivity index (χ0) is 29.0. The van der Waals surface area contributed by atoms with Crippen LogP contribution in [0.1, 0.15) is 43.2 Å². The molecule has 3 N–H and O–H groups in total. The number of phenols is 1. The van der Waals surface area contributed by atoms with Crippen LogP contribution in [0.25, 0.3) is 38.1 Å². The maximum absolute atomic E-state index is 13.5. The van der Waals surface area contributed by atoms with Crippen LogP contribution in [0.3, 0.4) is 0 Å². The number of benzene rings is 4. The molecule has 0 heterocycles. The average Bonchev–Trinajstić information content (AvgIpc) is 2.99. The van der Waals surface area contributed by atoms with Gasteiger partial charge in [-0.15, -0.1) is 0 Å². The molecular formula is C30H28O10. The summed E-state index contributed by atoms with van der Waals surface area (Å²) in [6.45, 7) is 2.83. The normalized spacial score (nSPS) is 23.7. The Labute approximate surface area is 227 Å². The summed E-state index contributed by atoms with van der Waals surface area (Å²) in [7, 11) is 5.46. The number of ketones is 1. The van der Waals surface area contributed by atoms with Gasteiger partial charge in [0, 0.05) is 52.3 Å². The van der Waals surface area contributed by atoms with Crippen molar-refractivity contribution in [2.24, 2.45) is 0 Å². The van der Waals surface area contributed by atoms with Gasteiger partial charge >= 0.3 is 0 Å². The molecule has 2 aliphatic carbocycles. The van der Waals surface area contributed by atoms with E-state index in [1.165, 1.54) is 54.4 Å². The first-order valence-corrected chi connectivity index (χ1v) is 12.7. The highest BCUT2D eigenvalue weighted by Crippen LogP contribution is 2.59. The number of aliphatic hydroxyl groups excluding tert-OH is 1. The third-order valence-corrected chi connectivity index (χ3v) is 8.62. The van der Waals surface area contributed by atoms with Gasteiger partial charge in [0.2, 0.25) is 0 Å². The monoisotopic (exact) mass is 548 g/mol. The molecule has 0 fully saturated rings. The first-order chi connectivity index (χ1) is 18.9. The van der Waals surface area contributed by atoms with Crippen LogP contribution in [0.4, 0.5) is 0 Å². The number of methoxy groups -OCH3 is 4. The van der Waals surface area contributed by atoms with Crippen molar-refractivity contribution < 1.29 is 39.1 Å². The quantitative estimate of drug-likeness (QED) is 0.251. The Morgan fingerprint density at radius 1 is 0.850 bits per heavy atom. The highest BCUT2D eigenvalue weighted by molar-refractivity contribution is 6.29. The summed E-state index contributed by atoms with van der Waals surface area (Å²) in [6, 6.07) is 2.47. The fourth-order valence-corrected chi connectivity index (χ4v) is 7.33. The van der Waals surface area contributed by atoms with Crippen molar-refractivity contribution in [2.75, 3.05) is 28.4 Å². The molecule has 4 aromatic rings. The lowest BCUT2D eigenvalue weighted by Gasteiger charge is -2.36.